The normalized spacial score (nSPS) is 21.1. The summed E-state index contributed by atoms with van der Waals surface area (Å²) in [7, 11) is 0. The van der Waals surface area contributed by atoms with Crippen molar-refractivity contribution < 1.29 is 4.79 Å². The average Bonchev–Trinajstić information content (AvgIpc) is 2.64. The molecule has 0 amide bonds. The lowest BCUT2D eigenvalue weighted by Gasteiger charge is -2.00. The number of rotatable bonds is 3. The van der Waals surface area contributed by atoms with Gasteiger partial charge in [0.1, 0.15) is 0 Å². The van der Waals surface area contributed by atoms with Crippen LogP contribution in [0.4, 0.5) is 0 Å². The summed E-state index contributed by atoms with van der Waals surface area (Å²) in [5, 5.41) is 0. The highest BCUT2D eigenvalue weighted by atomic mass is 16.1. The van der Waals surface area contributed by atoms with Gasteiger partial charge in [0.2, 0.25) is 0 Å². The van der Waals surface area contributed by atoms with Gasteiger partial charge in [-0.3, -0.25) is 4.79 Å². The van der Waals surface area contributed by atoms with Gasteiger partial charge < -0.3 is 5.73 Å². The first kappa shape index (κ1) is 8.47. The molecule has 0 unspecified atom stereocenters. The molecule has 0 radical (unpaired) electrons. The summed E-state index contributed by atoms with van der Waals surface area (Å²) in [5.41, 5.74) is 5.62. The van der Waals surface area contributed by atoms with Crippen molar-refractivity contribution in [3.05, 3.63) is 12.2 Å². The summed E-state index contributed by atoms with van der Waals surface area (Å²) < 4.78 is 0. The summed E-state index contributed by atoms with van der Waals surface area (Å²) in [5.74, 6) is 0.260. The summed E-state index contributed by atoms with van der Waals surface area (Å²) in [6.07, 6.45) is 5.51. The fourth-order valence-electron chi connectivity index (χ4n) is 0.752. The van der Waals surface area contributed by atoms with Crippen molar-refractivity contribution in [2.24, 2.45) is 11.7 Å². The van der Waals surface area contributed by atoms with E-state index in [4.69, 9.17) is 5.73 Å². The Kier molecular flexibility index (Phi) is 2.14. The Bertz CT molecular complexity index is 190. The largest absolute Gasteiger partial charge is 0.322 e. The first-order valence-electron chi connectivity index (χ1n) is 4.05. The number of allylic oxidation sites excluding steroid dienone is 1. The monoisotopic (exact) mass is 153 g/mol. The summed E-state index contributed by atoms with van der Waals surface area (Å²) in [6.45, 7) is 3.78. The molecule has 2 heteroatoms. The summed E-state index contributed by atoms with van der Waals surface area (Å²) in [4.78, 5) is 11.1. The Morgan fingerprint density at radius 3 is 2.45 bits per heavy atom. The van der Waals surface area contributed by atoms with Gasteiger partial charge in [0, 0.05) is 11.5 Å². The van der Waals surface area contributed by atoms with Crippen LogP contribution in [0.2, 0.25) is 0 Å². The zero-order valence-electron chi connectivity index (χ0n) is 7.13. The molecule has 2 nitrogen and oxygen atoms in total. The first-order valence-corrected chi connectivity index (χ1v) is 4.05. The summed E-state index contributed by atoms with van der Waals surface area (Å²) >= 11 is 0. The predicted molar refractivity (Wildman–Crippen MR) is 45.1 cm³/mol. The molecule has 2 N–H and O–H groups in total. The highest BCUT2D eigenvalue weighted by molar-refractivity contribution is 5.91. The van der Waals surface area contributed by atoms with E-state index in [9.17, 15) is 4.79 Å². The van der Waals surface area contributed by atoms with E-state index in [-0.39, 0.29) is 17.2 Å². The minimum atomic E-state index is -0.134. The number of nitrogens with two attached hydrogens (primary N) is 1. The topological polar surface area (TPSA) is 43.1 Å². The molecular formula is C9H15NO. The van der Waals surface area contributed by atoms with E-state index < -0.39 is 0 Å². The second kappa shape index (κ2) is 2.78. The van der Waals surface area contributed by atoms with E-state index in [1.807, 2.05) is 19.9 Å². The number of carbonyl (C=O) groups excluding carboxylic acids is 1. The van der Waals surface area contributed by atoms with Crippen LogP contribution in [-0.2, 0) is 4.79 Å². The quantitative estimate of drug-likeness (QED) is 0.620. The lowest BCUT2D eigenvalue weighted by atomic mass is 10.1. The number of ketones is 1. The molecule has 1 aliphatic rings. The first-order chi connectivity index (χ1) is 5.03. The lowest BCUT2D eigenvalue weighted by Crippen LogP contribution is -2.18. The third-order valence-corrected chi connectivity index (χ3v) is 1.98. The molecular weight excluding hydrogens is 138 g/mol. The molecule has 1 aliphatic carbocycles. The molecule has 0 saturated heterocycles. The second-order valence-corrected chi connectivity index (χ2v) is 3.62. The van der Waals surface area contributed by atoms with Gasteiger partial charge in [0.15, 0.2) is 5.78 Å². The molecule has 1 fully saturated rings. The molecule has 0 atom stereocenters. The van der Waals surface area contributed by atoms with Crippen molar-refractivity contribution in [2.45, 2.75) is 32.2 Å². The van der Waals surface area contributed by atoms with Gasteiger partial charge in [-0.15, -0.1) is 0 Å². The maximum absolute atomic E-state index is 11.1. The van der Waals surface area contributed by atoms with Gasteiger partial charge in [-0.1, -0.05) is 19.9 Å². The maximum atomic E-state index is 11.1. The highest BCUT2D eigenvalue weighted by Gasteiger charge is 2.35. The van der Waals surface area contributed by atoms with Gasteiger partial charge >= 0.3 is 0 Å². The molecule has 0 bridgehead atoms. The molecule has 1 rings (SSSR count). The molecule has 0 aliphatic heterocycles. The van der Waals surface area contributed by atoms with Crippen LogP contribution in [0.25, 0.3) is 0 Å². The molecule has 0 aromatic rings. The smallest absolute Gasteiger partial charge is 0.157 e. The highest BCUT2D eigenvalue weighted by Crippen LogP contribution is 2.33. The second-order valence-electron chi connectivity index (χ2n) is 3.62. The number of carbonyl (C=O) groups is 1. The minimum absolute atomic E-state index is 0.0913. The molecule has 0 heterocycles. The van der Waals surface area contributed by atoms with E-state index in [1.165, 1.54) is 0 Å². The van der Waals surface area contributed by atoms with E-state index in [2.05, 4.69) is 0 Å². The van der Waals surface area contributed by atoms with Gasteiger partial charge in [-0.05, 0) is 18.9 Å². The summed E-state index contributed by atoms with van der Waals surface area (Å²) in [6, 6.07) is 0. The van der Waals surface area contributed by atoms with Crippen LogP contribution < -0.4 is 5.73 Å². The fourth-order valence-corrected chi connectivity index (χ4v) is 0.752. The van der Waals surface area contributed by atoms with E-state index in [0.717, 1.165) is 12.8 Å². The minimum Gasteiger partial charge on any atom is -0.322 e. The van der Waals surface area contributed by atoms with Crippen LogP contribution in [0.3, 0.4) is 0 Å². The van der Waals surface area contributed by atoms with Gasteiger partial charge in [-0.2, -0.15) is 0 Å². The van der Waals surface area contributed by atoms with E-state index >= 15 is 0 Å². The van der Waals surface area contributed by atoms with Crippen molar-refractivity contribution in [2.75, 3.05) is 0 Å². The SMILES string of the molecule is CC(C)C(=O)/C=C/C1(N)CC1. The predicted octanol–water partition coefficient (Wildman–Crippen LogP) is 1.26. The Balaban J connectivity index is 2.41. The van der Waals surface area contributed by atoms with E-state index in [0.29, 0.717) is 0 Å². The molecule has 1 saturated carbocycles. The van der Waals surface area contributed by atoms with Crippen LogP contribution in [0.5, 0.6) is 0 Å². The molecule has 0 spiro atoms. The van der Waals surface area contributed by atoms with Crippen LogP contribution in [0, 0.1) is 5.92 Å². The van der Waals surface area contributed by atoms with Crippen molar-refractivity contribution in [1.29, 1.82) is 0 Å². The average molecular weight is 153 g/mol. The zero-order chi connectivity index (χ0) is 8.48. The number of hydrogen-bond donors (Lipinski definition) is 1. The molecule has 0 aromatic carbocycles. The fraction of sp³-hybridized carbons (Fsp3) is 0.667. The lowest BCUT2D eigenvalue weighted by molar-refractivity contribution is -0.117. The standard InChI is InChI=1S/C9H15NO/c1-7(2)8(11)3-4-9(10)5-6-9/h3-4,7H,5-6,10H2,1-2H3/b4-3+. The van der Waals surface area contributed by atoms with Crippen molar-refractivity contribution in [3.63, 3.8) is 0 Å². The van der Waals surface area contributed by atoms with Crippen LogP contribution in [-0.4, -0.2) is 11.3 Å². The maximum Gasteiger partial charge on any atom is 0.157 e. The van der Waals surface area contributed by atoms with Gasteiger partial charge in [0.25, 0.3) is 0 Å². The van der Waals surface area contributed by atoms with Crippen molar-refractivity contribution >= 4 is 5.78 Å². The van der Waals surface area contributed by atoms with Gasteiger partial charge in [-0.25, -0.2) is 0 Å². The van der Waals surface area contributed by atoms with Crippen molar-refractivity contribution in [1.82, 2.24) is 0 Å². The van der Waals surface area contributed by atoms with Crippen molar-refractivity contribution in [3.8, 4) is 0 Å². The third kappa shape index (κ3) is 2.46. The Morgan fingerprint density at radius 1 is 1.55 bits per heavy atom. The van der Waals surface area contributed by atoms with Gasteiger partial charge in [0.05, 0.1) is 0 Å². The molecule has 11 heavy (non-hydrogen) atoms. The van der Waals surface area contributed by atoms with E-state index in [1.54, 1.807) is 6.08 Å². The third-order valence-electron chi connectivity index (χ3n) is 1.98. The Morgan fingerprint density at radius 2 is 2.09 bits per heavy atom. The Labute approximate surface area is 67.5 Å². The van der Waals surface area contributed by atoms with Crippen LogP contribution >= 0.6 is 0 Å². The zero-order valence-corrected chi connectivity index (χ0v) is 7.13. The molecule has 0 aromatic heterocycles. The van der Waals surface area contributed by atoms with Crippen LogP contribution in [0.1, 0.15) is 26.7 Å². The number of hydrogen-bond acceptors (Lipinski definition) is 2. The molecule has 62 valence electrons. The van der Waals surface area contributed by atoms with Crippen LogP contribution in [0.15, 0.2) is 12.2 Å². The Hall–Kier alpha value is -0.630.